The molecule has 0 radical (unpaired) electrons. The lowest BCUT2D eigenvalue weighted by molar-refractivity contribution is -0.122. The van der Waals surface area contributed by atoms with E-state index in [2.05, 4.69) is 10.3 Å². The highest BCUT2D eigenvalue weighted by Crippen LogP contribution is 2.27. The molecule has 1 N–H and O–H groups in total. The monoisotopic (exact) mass is 357 g/mol. The predicted octanol–water partition coefficient (Wildman–Crippen LogP) is 2.41. The van der Waals surface area contributed by atoms with Crippen molar-refractivity contribution >= 4 is 41.2 Å². The van der Waals surface area contributed by atoms with Crippen LogP contribution in [0.25, 0.3) is 6.08 Å². The van der Waals surface area contributed by atoms with Gasteiger partial charge in [-0.15, -0.1) is 0 Å². The Kier molecular flexibility index (Phi) is 4.49. The molecule has 0 bridgehead atoms. The number of urea groups is 1. The Bertz CT molecular complexity index is 896. The van der Waals surface area contributed by atoms with Gasteiger partial charge in [-0.05, 0) is 36.4 Å². The number of benzene rings is 1. The average molecular weight is 358 g/mol. The van der Waals surface area contributed by atoms with Crippen LogP contribution < -0.4 is 15.0 Å². The summed E-state index contributed by atoms with van der Waals surface area (Å²) in [5.74, 6) is -1.12. The number of anilines is 1. The Balaban J connectivity index is 2.07. The zero-order chi connectivity index (χ0) is 18.0. The van der Waals surface area contributed by atoms with Gasteiger partial charge < -0.3 is 4.74 Å². The number of barbiturate groups is 1. The molecule has 0 spiro atoms. The zero-order valence-electron chi connectivity index (χ0n) is 13.0. The highest BCUT2D eigenvalue weighted by atomic mass is 35.5. The second-order valence-corrected chi connectivity index (χ2v) is 5.49. The minimum atomic E-state index is -0.835. The molecule has 3 rings (SSSR count). The summed E-state index contributed by atoms with van der Waals surface area (Å²) in [6, 6.07) is 7.07. The summed E-state index contributed by atoms with van der Waals surface area (Å²) in [7, 11) is 1.46. The van der Waals surface area contributed by atoms with Crippen LogP contribution in [0.1, 0.15) is 5.56 Å². The van der Waals surface area contributed by atoms with Gasteiger partial charge in [0.1, 0.15) is 11.3 Å². The second kappa shape index (κ2) is 6.74. The molecular weight excluding hydrogens is 346 g/mol. The van der Waals surface area contributed by atoms with Crippen molar-refractivity contribution in [1.82, 2.24) is 10.3 Å². The van der Waals surface area contributed by atoms with Crippen molar-refractivity contribution in [2.24, 2.45) is 0 Å². The van der Waals surface area contributed by atoms with Gasteiger partial charge in [-0.25, -0.2) is 9.69 Å². The van der Waals surface area contributed by atoms with Crippen LogP contribution in [0.15, 0.2) is 48.3 Å². The fourth-order valence-corrected chi connectivity index (χ4v) is 2.53. The first-order chi connectivity index (χ1) is 12.0. The first kappa shape index (κ1) is 16.7. The molecule has 1 aromatic heterocycles. The SMILES string of the molecule is COc1ccc(Cl)cc1/C=C1\C(=O)NC(=O)N(c2cccnc2)C1=O. The standard InChI is InChI=1S/C17H12ClN3O4/c1-25-14-5-4-11(18)7-10(14)8-13-15(22)20-17(24)21(16(13)23)12-3-2-6-19-9-12/h2-9H,1H3,(H,20,22,24)/b13-8+. The molecule has 25 heavy (non-hydrogen) atoms. The number of rotatable bonds is 3. The van der Waals surface area contributed by atoms with Crippen LogP contribution in [-0.4, -0.2) is 29.9 Å². The number of nitrogens with one attached hydrogen (secondary N) is 1. The topological polar surface area (TPSA) is 88.6 Å². The maximum Gasteiger partial charge on any atom is 0.336 e. The van der Waals surface area contributed by atoms with E-state index in [0.29, 0.717) is 16.3 Å². The van der Waals surface area contributed by atoms with Crippen molar-refractivity contribution in [3.8, 4) is 5.75 Å². The van der Waals surface area contributed by atoms with Crippen molar-refractivity contribution < 1.29 is 19.1 Å². The summed E-state index contributed by atoms with van der Waals surface area (Å²) in [6.45, 7) is 0. The molecule has 126 valence electrons. The van der Waals surface area contributed by atoms with E-state index < -0.39 is 17.8 Å². The summed E-state index contributed by atoms with van der Waals surface area (Å²) >= 11 is 5.97. The third kappa shape index (κ3) is 3.22. The van der Waals surface area contributed by atoms with E-state index in [4.69, 9.17) is 16.3 Å². The molecule has 2 aromatic rings. The van der Waals surface area contributed by atoms with Crippen molar-refractivity contribution in [3.63, 3.8) is 0 Å². The average Bonchev–Trinajstić information content (AvgIpc) is 2.59. The Morgan fingerprint density at radius 2 is 2.04 bits per heavy atom. The van der Waals surface area contributed by atoms with Gasteiger partial charge in [0.25, 0.3) is 11.8 Å². The Morgan fingerprint density at radius 1 is 1.24 bits per heavy atom. The highest BCUT2D eigenvalue weighted by Gasteiger charge is 2.37. The Morgan fingerprint density at radius 3 is 2.72 bits per heavy atom. The first-order valence-corrected chi connectivity index (χ1v) is 7.54. The number of nitrogens with zero attached hydrogens (tertiary/aromatic N) is 2. The van der Waals surface area contributed by atoms with E-state index in [0.717, 1.165) is 4.90 Å². The predicted molar refractivity (Wildman–Crippen MR) is 91.2 cm³/mol. The van der Waals surface area contributed by atoms with Crippen LogP contribution in [0.2, 0.25) is 5.02 Å². The van der Waals surface area contributed by atoms with E-state index in [9.17, 15) is 14.4 Å². The van der Waals surface area contributed by atoms with E-state index in [1.165, 1.54) is 31.6 Å². The number of carbonyl (C=O) groups excluding carboxylic acids is 3. The van der Waals surface area contributed by atoms with Crippen LogP contribution in [-0.2, 0) is 9.59 Å². The number of ether oxygens (including phenoxy) is 1. The lowest BCUT2D eigenvalue weighted by Gasteiger charge is -2.26. The van der Waals surface area contributed by atoms with Gasteiger partial charge in [-0.1, -0.05) is 11.6 Å². The minimum absolute atomic E-state index is 0.219. The third-order valence-corrected chi connectivity index (χ3v) is 3.73. The number of aromatic nitrogens is 1. The lowest BCUT2D eigenvalue weighted by Crippen LogP contribution is -2.54. The zero-order valence-corrected chi connectivity index (χ0v) is 13.8. The largest absolute Gasteiger partial charge is 0.496 e. The van der Waals surface area contributed by atoms with Crippen molar-refractivity contribution in [3.05, 3.63) is 58.9 Å². The van der Waals surface area contributed by atoms with Crippen LogP contribution in [0.4, 0.5) is 10.5 Å². The van der Waals surface area contributed by atoms with Crippen LogP contribution in [0.3, 0.4) is 0 Å². The molecule has 1 saturated heterocycles. The Labute approximate surface area is 147 Å². The number of carbonyl (C=O) groups is 3. The van der Waals surface area contributed by atoms with E-state index >= 15 is 0 Å². The van der Waals surface area contributed by atoms with E-state index in [1.807, 2.05) is 0 Å². The smallest absolute Gasteiger partial charge is 0.336 e. The number of hydrogen-bond acceptors (Lipinski definition) is 5. The molecule has 1 aromatic carbocycles. The van der Waals surface area contributed by atoms with Gasteiger partial charge >= 0.3 is 6.03 Å². The number of hydrogen-bond donors (Lipinski definition) is 1. The van der Waals surface area contributed by atoms with E-state index in [-0.39, 0.29) is 11.3 Å². The number of imide groups is 2. The van der Waals surface area contributed by atoms with Gasteiger partial charge in [-0.3, -0.25) is 19.9 Å². The number of halogens is 1. The van der Waals surface area contributed by atoms with Gasteiger partial charge in [0.15, 0.2) is 0 Å². The summed E-state index contributed by atoms with van der Waals surface area (Å²) in [4.78, 5) is 41.6. The molecule has 2 heterocycles. The quantitative estimate of drug-likeness (QED) is 0.673. The molecule has 8 heteroatoms. The molecule has 1 aliphatic heterocycles. The lowest BCUT2D eigenvalue weighted by atomic mass is 10.1. The molecule has 0 unspecified atom stereocenters. The maximum atomic E-state index is 12.7. The second-order valence-electron chi connectivity index (χ2n) is 5.06. The van der Waals surface area contributed by atoms with Crippen molar-refractivity contribution in [2.75, 3.05) is 12.0 Å². The van der Waals surface area contributed by atoms with E-state index in [1.54, 1.807) is 24.3 Å². The molecule has 0 atom stereocenters. The van der Waals surface area contributed by atoms with Gasteiger partial charge in [0, 0.05) is 16.8 Å². The summed E-state index contributed by atoms with van der Waals surface area (Å²) in [6.07, 6.45) is 4.19. The number of amides is 4. The first-order valence-electron chi connectivity index (χ1n) is 7.16. The summed E-state index contributed by atoms with van der Waals surface area (Å²) in [5.41, 5.74) is 0.472. The van der Waals surface area contributed by atoms with Crippen molar-refractivity contribution in [2.45, 2.75) is 0 Å². The van der Waals surface area contributed by atoms with Gasteiger partial charge in [0.2, 0.25) is 0 Å². The maximum absolute atomic E-state index is 12.7. The fourth-order valence-electron chi connectivity index (χ4n) is 2.35. The van der Waals surface area contributed by atoms with Crippen molar-refractivity contribution in [1.29, 1.82) is 0 Å². The molecule has 1 aliphatic rings. The normalized spacial score (nSPS) is 16.2. The van der Waals surface area contributed by atoms with Crippen LogP contribution >= 0.6 is 11.6 Å². The number of pyridine rings is 1. The van der Waals surface area contributed by atoms with Gasteiger partial charge in [-0.2, -0.15) is 0 Å². The highest BCUT2D eigenvalue weighted by molar-refractivity contribution is 6.39. The Hall–Kier alpha value is -3.19. The van der Waals surface area contributed by atoms with Crippen LogP contribution in [0.5, 0.6) is 5.75 Å². The molecule has 0 aliphatic carbocycles. The van der Waals surface area contributed by atoms with Crippen LogP contribution in [0, 0.1) is 0 Å². The fraction of sp³-hybridized carbons (Fsp3) is 0.0588. The molecule has 7 nitrogen and oxygen atoms in total. The third-order valence-electron chi connectivity index (χ3n) is 3.50. The summed E-state index contributed by atoms with van der Waals surface area (Å²) < 4.78 is 5.21. The van der Waals surface area contributed by atoms with Gasteiger partial charge in [0.05, 0.1) is 19.0 Å². The minimum Gasteiger partial charge on any atom is -0.496 e. The number of methoxy groups -OCH3 is 1. The molecule has 1 fully saturated rings. The molecule has 4 amide bonds. The molecule has 0 saturated carbocycles. The summed E-state index contributed by atoms with van der Waals surface area (Å²) in [5, 5.41) is 2.55. The molecular formula is C17H12ClN3O4.